The van der Waals surface area contributed by atoms with E-state index in [1.807, 2.05) is 23.1 Å². The van der Waals surface area contributed by atoms with E-state index in [-0.39, 0.29) is 12.7 Å². The third-order valence-corrected chi connectivity index (χ3v) is 4.24. The zero-order valence-corrected chi connectivity index (χ0v) is 12.4. The molecule has 1 saturated heterocycles. The van der Waals surface area contributed by atoms with Crippen molar-refractivity contribution in [3.8, 4) is 11.5 Å². The smallest absolute Gasteiger partial charge is 0.242 e. The molecular formula is C16H22N2O3. The molecule has 1 amide bonds. The summed E-state index contributed by atoms with van der Waals surface area (Å²) >= 11 is 0. The molecule has 0 bridgehead atoms. The molecule has 0 radical (unpaired) electrons. The van der Waals surface area contributed by atoms with Gasteiger partial charge in [-0.05, 0) is 37.8 Å². The quantitative estimate of drug-likeness (QED) is 0.926. The molecule has 3 rings (SSSR count). The van der Waals surface area contributed by atoms with E-state index in [9.17, 15) is 4.79 Å². The zero-order chi connectivity index (χ0) is 14.7. The van der Waals surface area contributed by atoms with Gasteiger partial charge in [-0.3, -0.25) is 4.79 Å². The van der Waals surface area contributed by atoms with Crippen molar-refractivity contribution in [3.63, 3.8) is 0 Å². The first-order valence-corrected chi connectivity index (χ1v) is 7.71. The minimum atomic E-state index is 0.180. The fourth-order valence-electron chi connectivity index (χ4n) is 3.04. The highest BCUT2D eigenvalue weighted by molar-refractivity contribution is 5.81. The number of nitrogens with zero attached hydrogens (tertiary/aromatic N) is 1. The Hall–Kier alpha value is -1.91. The molecule has 0 spiro atoms. The topological polar surface area (TPSA) is 50.8 Å². The Bertz CT molecular complexity index is 518. The van der Waals surface area contributed by atoms with Crippen LogP contribution >= 0.6 is 0 Å². The van der Waals surface area contributed by atoms with Crippen LogP contribution in [-0.4, -0.2) is 36.7 Å². The van der Waals surface area contributed by atoms with Crippen LogP contribution in [0.15, 0.2) is 18.2 Å². The van der Waals surface area contributed by atoms with Gasteiger partial charge in [0.05, 0.1) is 6.54 Å². The van der Waals surface area contributed by atoms with Crippen LogP contribution in [0.1, 0.15) is 32.6 Å². The van der Waals surface area contributed by atoms with Crippen LogP contribution in [-0.2, 0) is 4.79 Å². The van der Waals surface area contributed by atoms with Crippen LogP contribution in [0.3, 0.4) is 0 Å². The van der Waals surface area contributed by atoms with Gasteiger partial charge in [0.25, 0.3) is 0 Å². The largest absolute Gasteiger partial charge is 0.454 e. The predicted octanol–water partition coefficient (Wildman–Crippen LogP) is 2.62. The number of carbonyl (C=O) groups is 1. The molecule has 1 unspecified atom stereocenters. The molecule has 1 fully saturated rings. The van der Waals surface area contributed by atoms with Crippen molar-refractivity contribution >= 4 is 11.6 Å². The van der Waals surface area contributed by atoms with Gasteiger partial charge < -0.3 is 19.7 Å². The second kappa shape index (κ2) is 6.24. The normalized spacial score (nSPS) is 20.4. The number of nitrogens with one attached hydrogen (secondary N) is 1. The van der Waals surface area contributed by atoms with Crippen molar-refractivity contribution in [2.75, 3.05) is 25.2 Å². The number of ether oxygens (including phenoxy) is 2. The molecular weight excluding hydrogens is 268 g/mol. The number of likely N-dealkylation sites (tertiary alicyclic amines) is 1. The SMILES string of the molecule is CCC1CCCCN1C(=O)CNc1ccc2c(c1)OCO2. The summed E-state index contributed by atoms with van der Waals surface area (Å²) in [6.45, 7) is 3.64. The molecule has 0 aromatic heterocycles. The Morgan fingerprint density at radius 3 is 3.05 bits per heavy atom. The van der Waals surface area contributed by atoms with E-state index in [1.165, 1.54) is 6.42 Å². The van der Waals surface area contributed by atoms with Crippen LogP contribution in [0, 0.1) is 0 Å². The lowest BCUT2D eigenvalue weighted by atomic mass is 10.00. The van der Waals surface area contributed by atoms with Gasteiger partial charge in [-0.1, -0.05) is 6.92 Å². The average Bonchev–Trinajstić information content (AvgIpc) is 3.00. The number of anilines is 1. The monoisotopic (exact) mass is 290 g/mol. The van der Waals surface area contributed by atoms with Crippen molar-refractivity contribution < 1.29 is 14.3 Å². The highest BCUT2D eigenvalue weighted by Crippen LogP contribution is 2.34. The Balaban J connectivity index is 1.58. The van der Waals surface area contributed by atoms with Crippen LogP contribution in [0.25, 0.3) is 0 Å². The molecule has 0 aliphatic carbocycles. The molecule has 2 aliphatic rings. The minimum absolute atomic E-state index is 0.180. The number of hydrogen-bond acceptors (Lipinski definition) is 4. The number of carbonyl (C=O) groups excluding carboxylic acids is 1. The highest BCUT2D eigenvalue weighted by Gasteiger charge is 2.24. The third kappa shape index (κ3) is 3.06. The van der Waals surface area contributed by atoms with Crippen molar-refractivity contribution in [2.24, 2.45) is 0 Å². The molecule has 1 aromatic rings. The number of rotatable bonds is 4. The van der Waals surface area contributed by atoms with Crippen LogP contribution in [0.5, 0.6) is 11.5 Å². The lowest BCUT2D eigenvalue weighted by Crippen LogP contribution is -2.45. The lowest BCUT2D eigenvalue weighted by molar-refractivity contribution is -0.133. The van der Waals surface area contributed by atoms with Crippen LogP contribution in [0.4, 0.5) is 5.69 Å². The summed E-state index contributed by atoms with van der Waals surface area (Å²) in [6.07, 6.45) is 4.52. The zero-order valence-electron chi connectivity index (χ0n) is 12.4. The summed E-state index contributed by atoms with van der Waals surface area (Å²) in [5, 5.41) is 3.19. The van der Waals surface area contributed by atoms with Crippen LogP contribution in [0.2, 0.25) is 0 Å². The summed E-state index contributed by atoms with van der Waals surface area (Å²) in [5.41, 5.74) is 0.887. The standard InChI is InChI=1S/C16H22N2O3/c1-2-13-5-3-4-8-18(13)16(19)10-17-12-6-7-14-15(9-12)21-11-20-14/h6-7,9,13,17H,2-5,8,10-11H2,1H3. The average molecular weight is 290 g/mol. The summed E-state index contributed by atoms with van der Waals surface area (Å²) in [5.74, 6) is 1.67. The fourth-order valence-corrected chi connectivity index (χ4v) is 3.04. The molecule has 2 heterocycles. The van der Waals surface area contributed by atoms with Gasteiger partial charge in [0.2, 0.25) is 12.7 Å². The van der Waals surface area contributed by atoms with Crippen LogP contribution < -0.4 is 14.8 Å². The second-order valence-electron chi connectivity index (χ2n) is 5.57. The molecule has 2 aliphatic heterocycles. The van der Waals surface area contributed by atoms with Crippen molar-refractivity contribution in [1.82, 2.24) is 4.90 Å². The first kappa shape index (κ1) is 14.0. The fraction of sp³-hybridized carbons (Fsp3) is 0.562. The summed E-state index contributed by atoms with van der Waals surface area (Å²) in [7, 11) is 0. The van der Waals surface area contributed by atoms with E-state index >= 15 is 0 Å². The maximum atomic E-state index is 12.4. The Morgan fingerprint density at radius 2 is 2.19 bits per heavy atom. The highest BCUT2D eigenvalue weighted by atomic mass is 16.7. The van der Waals surface area contributed by atoms with Gasteiger partial charge in [-0.25, -0.2) is 0 Å². The van der Waals surface area contributed by atoms with Crippen molar-refractivity contribution in [2.45, 2.75) is 38.6 Å². The second-order valence-corrected chi connectivity index (χ2v) is 5.57. The Morgan fingerprint density at radius 1 is 1.33 bits per heavy atom. The number of amides is 1. The predicted molar refractivity (Wildman–Crippen MR) is 80.7 cm³/mol. The van der Waals surface area contributed by atoms with Gasteiger partial charge in [-0.15, -0.1) is 0 Å². The summed E-state index contributed by atoms with van der Waals surface area (Å²) in [6, 6.07) is 6.06. The molecule has 1 N–H and O–H groups in total. The third-order valence-electron chi connectivity index (χ3n) is 4.24. The van der Waals surface area contributed by atoms with Gasteiger partial charge in [0.15, 0.2) is 11.5 Å². The Kier molecular flexibility index (Phi) is 4.18. The Labute approximate surface area is 125 Å². The number of benzene rings is 1. The van der Waals surface area contributed by atoms with E-state index in [2.05, 4.69) is 12.2 Å². The van der Waals surface area contributed by atoms with E-state index in [4.69, 9.17) is 9.47 Å². The van der Waals surface area contributed by atoms with E-state index in [0.717, 1.165) is 43.0 Å². The molecule has 1 aromatic carbocycles. The first-order valence-electron chi connectivity index (χ1n) is 7.71. The lowest BCUT2D eigenvalue weighted by Gasteiger charge is -2.35. The maximum absolute atomic E-state index is 12.4. The van der Waals surface area contributed by atoms with Crippen molar-refractivity contribution in [3.05, 3.63) is 18.2 Å². The van der Waals surface area contributed by atoms with Crippen molar-refractivity contribution in [1.29, 1.82) is 0 Å². The number of hydrogen-bond donors (Lipinski definition) is 1. The summed E-state index contributed by atoms with van der Waals surface area (Å²) in [4.78, 5) is 14.4. The maximum Gasteiger partial charge on any atom is 0.242 e. The molecule has 0 saturated carbocycles. The molecule has 114 valence electrons. The van der Waals surface area contributed by atoms with Gasteiger partial charge in [0.1, 0.15) is 0 Å². The minimum Gasteiger partial charge on any atom is -0.454 e. The summed E-state index contributed by atoms with van der Waals surface area (Å²) < 4.78 is 10.6. The molecule has 1 atom stereocenters. The van der Waals surface area contributed by atoms with Gasteiger partial charge in [0, 0.05) is 24.3 Å². The molecule has 21 heavy (non-hydrogen) atoms. The molecule has 5 heteroatoms. The first-order chi connectivity index (χ1) is 10.3. The number of fused-ring (bicyclic) bond motifs is 1. The van der Waals surface area contributed by atoms with E-state index < -0.39 is 0 Å². The van der Waals surface area contributed by atoms with E-state index in [0.29, 0.717) is 12.6 Å². The van der Waals surface area contributed by atoms with E-state index in [1.54, 1.807) is 0 Å². The molecule has 5 nitrogen and oxygen atoms in total. The van der Waals surface area contributed by atoms with Gasteiger partial charge >= 0.3 is 0 Å². The van der Waals surface area contributed by atoms with Gasteiger partial charge in [-0.2, -0.15) is 0 Å². The number of piperidine rings is 1.